The number of anilines is 1. The van der Waals surface area contributed by atoms with Gasteiger partial charge in [0.25, 0.3) is 0 Å². The molecule has 4 nitrogen and oxygen atoms in total. The minimum Gasteiger partial charge on any atom is -0.439 e. The zero-order valence-corrected chi connectivity index (χ0v) is 13.4. The van der Waals surface area contributed by atoms with E-state index in [-0.39, 0.29) is 5.41 Å². The van der Waals surface area contributed by atoms with Crippen molar-refractivity contribution in [2.45, 2.75) is 39.5 Å². The number of ether oxygens (including phenoxy) is 1. The van der Waals surface area contributed by atoms with Gasteiger partial charge in [-0.1, -0.05) is 32.9 Å². The molecule has 0 spiro atoms. The minimum absolute atomic E-state index is 0.184. The number of hydrogen-bond donors (Lipinski definition) is 1. The van der Waals surface area contributed by atoms with Gasteiger partial charge in [0.2, 0.25) is 5.88 Å². The summed E-state index contributed by atoms with van der Waals surface area (Å²) < 4.78 is 5.81. The minimum atomic E-state index is 0.184. The summed E-state index contributed by atoms with van der Waals surface area (Å²) in [5, 5.41) is 3.00. The summed E-state index contributed by atoms with van der Waals surface area (Å²) in [5.74, 6) is 2.77. The number of aromatic nitrogens is 2. The van der Waals surface area contributed by atoms with E-state index in [0.29, 0.717) is 11.7 Å². The fourth-order valence-corrected chi connectivity index (χ4v) is 2.02. The Balaban J connectivity index is 2.19. The zero-order valence-electron chi connectivity index (χ0n) is 13.4. The second-order valence-electron chi connectivity index (χ2n) is 5.75. The zero-order chi connectivity index (χ0) is 15.5. The molecule has 1 heterocycles. The van der Waals surface area contributed by atoms with Crippen molar-refractivity contribution in [2.24, 2.45) is 0 Å². The molecule has 112 valence electrons. The molecule has 21 heavy (non-hydrogen) atoms. The van der Waals surface area contributed by atoms with Crippen molar-refractivity contribution in [3.05, 3.63) is 41.7 Å². The summed E-state index contributed by atoms with van der Waals surface area (Å²) in [7, 11) is 1.83. The molecule has 0 fully saturated rings. The molecule has 2 rings (SSSR count). The van der Waals surface area contributed by atoms with Crippen LogP contribution < -0.4 is 10.1 Å². The van der Waals surface area contributed by atoms with Gasteiger partial charge in [-0.3, -0.25) is 0 Å². The maximum Gasteiger partial charge on any atom is 0.224 e. The van der Waals surface area contributed by atoms with Crippen LogP contribution in [0.1, 0.15) is 38.6 Å². The highest BCUT2D eigenvalue weighted by molar-refractivity contribution is 5.40. The van der Waals surface area contributed by atoms with E-state index in [9.17, 15) is 0 Å². The van der Waals surface area contributed by atoms with Gasteiger partial charge >= 0.3 is 0 Å². The lowest BCUT2D eigenvalue weighted by atomic mass is 9.82. The Kier molecular flexibility index (Phi) is 4.46. The van der Waals surface area contributed by atoms with Gasteiger partial charge in [0.1, 0.15) is 17.4 Å². The molecule has 0 bridgehead atoms. The fraction of sp³-hybridized carbons (Fsp3) is 0.412. The SMILES string of the molecule is CCC(C)(C)c1ccc(Oc2cc(NC)nc(C)n2)cc1. The van der Waals surface area contributed by atoms with Crippen molar-refractivity contribution >= 4 is 5.82 Å². The van der Waals surface area contributed by atoms with Crippen LogP contribution in [0.3, 0.4) is 0 Å². The first-order chi connectivity index (χ1) is 9.94. The molecule has 0 radical (unpaired) electrons. The molecular weight excluding hydrogens is 262 g/mol. The van der Waals surface area contributed by atoms with Gasteiger partial charge in [0, 0.05) is 13.1 Å². The maximum absolute atomic E-state index is 5.81. The Hall–Kier alpha value is -2.10. The molecule has 2 aromatic rings. The average molecular weight is 285 g/mol. The Bertz CT molecular complexity index is 606. The molecule has 1 N–H and O–H groups in total. The molecule has 1 aromatic carbocycles. The van der Waals surface area contributed by atoms with Gasteiger partial charge in [0.15, 0.2) is 0 Å². The Morgan fingerprint density at radius 1 is 1.14 bits per heavy atom. The summed E-state index contributed by atoms with van der Waals surface area (Å²) in [6, 6.07) is 10.0. The van der Waals surface area contributed by atoms with E-state index >= 15 is 0 Å². The first kappa shape index (κ1) is 15.3. The predicted molar refractivity (Wildman–Crippen MR) is 86.1 cm³/mol. The molecule has 4 heteroatoms. The van der Waals surface area contributed by atoms with Crippen LogP contribution in [-0.4, -0.2) is 17.0 Å². The second-order valence-corrected chi connectivity index (χ2v) is 5.75. The summed E-state index contributed by atoms with van der Waals surface area (Å²) in [4.78, 5) is 8.54. The Morgan fingerprint density at radius 2 is 1.81 bits per heavy atom. The van der Waals surface area contributed by atoms with E-state index in [1.807, 2.05) is 26.1 Å². The largest absolute Gasteiger partial charge is 0.439 e. The topological polar surface area (TPSA) is 47.0 Å². The number of aryl methyl sites for hydroxylation is 1. The standard InChI is InChI=1S/C17H23N3O/c1-6-17(3,4)13-7-9-14(10-8-13)21-16-11-15(18-5)19-12(2)20-16/h7-11H,6H2,1-5H3,(H,18,19,20). The molecule has 0 saturated carbocycles. The van der Waals surface area contributed by atoms with Gasteiger partial charge in [-0.2, -0.15) is 4.98 Å². The third-order valence-electron chi connectivity index (χ3n) is 3.81. The van der Waals surface area contributed by atoms with E-state index in [1.54, 1.807) is 6.07 Å². The number of nitrogens with one attached hydrogen (secondary N) is 1. The smallest absolute Gasteiger partial charge is 0.224 e. The van der Waals surface area contributed by atoms with Crippen LogP contribution >= 0.6 is 0 Å². The monoisotopic (exact) mass is 285 g/mol. The number of rotatable bonds is 5. The molecule has 0 unspecified atom stereocenters. The summed E-state index contributed by atoms with van der Waals surface area (Å²) in [6.07, 6.45) is 1.10. The summed E-state index contributed by atoms with van der Waals surface area (Å²) >= 11 is 0. The lowest BCUT2D eigenvalue weighted by Gasteiger charge is -2.23. The highest BCUT2D eigenvalue weighted by Crippen LogP contribution is 2.29. The van der Waals surface area contributed by atoms with E-state index in [4.69, 9.17) is 4.74 Å². The first-order valence-corrected chi connectivity index (χ1v) is 7.26. The van der Waals surface area contributed by atoms with E-state index in [0.717, 1.165) is 18.0 Å². The number of nitrogens with zero attached hydrogens (tertiary/aromatic N) is 2. The molecule has 0 amide bonds. The predicted octanol–water partition coefficient (Wildman–Crippen LogP) is 4.31. The van der Waals surface area contributed by atoms with Crippen molar-refractivity contribution in [3.63, 3.8) is 0 Å². The van der Waals surface area contributed by atoms with Gasteiger partial charge in [-0.25, -0.2) is 4.98 Å². The Morgan fingerprint density at radius 3 is 2.38 bits per heavy atom. The maximum atomic E-state index is 5.81. The van der Waals surface area contributed by atoms with Crippen molar-refractivity contribution < 1.29 is 4.74 Å². The van der Waals surface area contributed by atoms with Crippen LogP contribution in [0.15, 0.2) is 30.3 Å². The molecule has 0 atom stereocenters. The Labute approximate surface area is 126 Å². The van der Waals surface area contributed by atoms with Crippen LogP contribution in [0.5, 0.6) is 11.6 Å². The fourth-order valence-electron chi connectivity index (χ4n) is 2.02. The van der Waals surface area contributed by atoms with Crippen LogP contribution in [0.25, 0.3) is 0 Å². The highest BCUT2D eigenvalue weighted by atomic mass is 16.5. The summed E-state index contributed by atoms with van der Waals surface area (Å²) in [5.41, 5.74) is 1.50. The average Bonchev–Trinajstić information content (AvgIpc) is 2.47. The molecule has 1 aromatic heterocycles. The normalized spacial score (nSPS) is 11.3. The quantitative estimate of drug-likeness (QED) is 0.889. The van der Waals surface area contributed by atoms with E-state index < -0.39 is 0 Å². The van der Waals surface area contributed by atoms with Crippen LogP contribution in [-0.2, 0) is 5.41 Å². The van der Waals surface area contributed by atoms with Crippen molar-refractivity contribution in [1.29, 1.82) is 0 Å². The van der Waals surface area contributed by atoms with E-state index in [1.165, 1.54) is 5.56 Å². The molecule has 0 aliphatic heterocycles. The van der Waals surface area contributed by atoms with Crippen molar-refractivity contribution in [2.75, 3.05) is 12.4 Å². The third-order valence-corrected chi connectivity index (χ3v) is 3.81. The molecule has 0 saturated heterocycles. The summed E-state index contributed by atoms with van der Waals surface area (Å²) in [6.45, 7) is 8.54. The van der Waals surface area contributed by atoms with Gasteiger partial charge < -0.3 is 10.1 Å². The molecular formula is C17H23N3O. The van der Waals surface area contributed by atoms with Gasteiger partial charge in [0.05, 0.1) is 0 Å². The second kappa shape index (κ2) is 6.12. The van der Waals surface area contributed by atoms with Crippen LogP contribution in [0.4, 0.5) is 5.82 Å². The van der Waals surface area contributed by atoms with Crippen LogP contribution in [0, 0.1) is 6.92 Å². The van der Waals surface area contributed by atoms with Gasteiger partial charge in [-0.05, 0) is 36.5 Å². The number of benzene rings is 1. The van der Waals surface area contributed by atoms with E-state index in [2.05, 4.69) is 48.2 Å². The van der Waals surface area contributed by atoms with Crippen molar-refractivity contribution in [3.8, 4) is 11.6 Å². The lowest BCUT2D eigenvalue weighted by Crippen LogP contribution is -2.14. The first-order valence-electron chi connectivity index (χ1n) is 7.26. The molecule has 0 aliphatic carbocycles. The molecule has 0 aliphatic rings. The van der Waals surface area contributed by atoms with Gasteiger partial charge in [-0.15, -0.1) is 0 Å². The van der Waals surface area contributed by atoms with Crippen molar-refractivity contribution in [1.82, 2.24) is 9.97 Å². The third kappa shape index (κ3) is 3.72. The lowest BCUT2D eigenvalue weighted by molar-refractivity contribution is 0.458. The highest BCUT2D eigenvalue weighted by Gasteiger charge is 2.17. The van der Waals surface area contributed by atoms with Crippen LogP contribution in [0.2, 0.25) is 0 Å². The number of hydrogen-bond acceptors (Lipinski definition) is 4.